The highest BCUT2D eigenvalue weighted by molar-refractivity contribution is 14.0. The van der Waals surface area contributed by atoms with E-state index < -0.39 is 10.0 Å². The Morgan fingerprint density at radius 2 is 1.93 bits per heavy atom. The topological polar surface area (TPSA) is 91.8 Å². The molecule has 0 amide bonds. The molecular formula is C21H37IN4O3S. The predicted molar refractivity (Wildman–Crippen MR) is 133 cm³/mol. The smallest absolute Gasteiger partial charge is 0.240 e. The van der Waals surface area contributed by atoms with Gasteiger partial charge in [0.05, 0.1) is 11.5 Å². The lowest BCUT2D eigenvalue weighted by atomic mass is 9.86. The average molecular weight is 553 g/mol. The molecule has 1 aromatic carbocycles. The van der Waals surface area contributed by atoms with Crippen molar-refractivity contribution >= 4 is 40.0 Å². The number of halogens is 1. The number of nitrogens with zero attached hydrogens (tertiary/aromatic N) is 1. The van der Waals surface area contributed by atoms with E-state index in [1.807, 2.05) is 6.07 Å². The van der Waals surface area contributed by atoms with E-state index in [4.69, 9.17) is 4.74 Å². The van der Waals surface area contributed by atoms with Gasteiger partial charge >= 0.3 is 0 Å². The van der Waals surface area contributed by atoms with Crippen LogP contribution in [0.1, 0.15) is 50.5 Å². The van der Waals surface area contributed by atoms with Crippen LogP contribution in [-0.2, 0) is 21.3 Å². The van der Waals surface area contributed by atoms with Gasteiger partial charge in [-0.25, -0.2) is 13.1 Å². The van der Waals surface area contributed by atoms with Crippen molar-refractivity contribution in [2.45, 2.75) is 56.4 Å². The molecule has 1 aliphatic carbocycles. The Morgan fingerprint density at radius 3 is 2.63 bits per heavy atom. The summed E-state index contributed by atoms with van der Waals surface area (Å²) in [6, 6.07) is 6.93. The van der Waals surface area contributed by atoms with Crippen molar-refractivity contribution in [3.8, 4) is 0 Å². The molecule has 9 heteroatoms. The number of rotatable bonds is 11. The van der Waals surface area contributed by atoms with Crippen LogP contribution in [0.2, 0.25) is 0 Å². The summed E-state index contributed by atoms with van der Waals surface area (Å²) in [7, 11) is -0.245. The first-order valence-electron chi connectivity index (χ1n) is 10.6. The minimum Gasteiger partial charge on any atom is -0.383 e. The standard InChI is InChI=1S/C21H36N4O3S.HI/c1-22-21(23-13-7-11-18-8-4-3-5-9-18)24-17-19-10-6-12-20(16-19)29(26,27)25-14-15-28-2;/h6,10,12,16,18,25H,3-5,7-9,11,13-15,17H2,1-2H3,(H2,22,23,24);1H. The number of aliphatic imine (C=N–C) groups is 1. The third-order valence-electron chi connectivity index (χ3n) is 5.30. The minimum absolute atomic E-state index is 0. The molecule has 172 valence electrons. The van der Waals surface area contributed by atoms with Gasteiger partial charge in [-0.15, -0.1) is 24.0 Å². The molecule has 0 radical (unpaired) electrons. The molecule has 7 nitrogen and oxygen atoms in total. The molecular weight excluding hydrogens is 515 g/mol. The molecule has 1 fully saturated rings. The normalized spacial score (nSPS) is 15.5. The monoisotopic (exact) mass is 552 g/mol. The number of sulfonamides is 1. The maximum atomic E-state index is 12.3. The molecule has 0 unspecified atom stereocenters. The molecule has 2 rings (SSSR count). The summed E-state index contributed by atoms with van der Waals surface area (Å²) in [6.45, 7) is 1.99. The summed E-state index contributed by atoms with van der Waals surface area (Å²) < 4.78 is 32.1. The highest BCUT2D eigenvalue weighted by Gasteiger charge is 2.14. The lowest BCUT2D eigenvalue weighted by Crippen LogP contribution is -2.37. The molecule has 1 aromatic rings. The Morgan fingerprint density at radius 1 is 1.17 bits per heavy atom. The van der Waals surface area contributed by atoms with Crippen LogP contribution < -0.4 is 15.4 Å². The fourth-order valence-corrected chi connectivity index (χ4v) is 4.75. The van der Waals surface area contributed by atoms with Gasteiger partial charge in [0.1, 0.15) is 0 Å². The van der Waals surface area contributed by atoms with Gasteiger partial charge in [0.2, 0.25) is 10.0 Å². The van der Waals surface area contributed by atoms with Crippen LogP contribution in [0.5, 0.6) is 0 Å². The first-order chi connectivity index (χ1) is 14.0. The molecule has 0 saturated heterocycles. The van der Waals surface area contributed by atoms with E-state index in [1.165, 1.54) is 45.6 Å². The fourth-order valence-electron chi connectivity index (χ4n) is 3.66. The van der Waals surface area contributed by atoms with Crippen LogP contribution in [0.3, 0.4) is 0 Å². The van der Waals surface area contributed by atoms with Gasteiger partial charge < -0.3 is 15.4 Å². The van der Waals surface area contributed by atoms with E-state index in [2.05, 4.69) is 20.3 Å². The van der Waals surface area contributed by atoms with Crippen molar-refractivity contribution in [1.29, 1.82) is 0 Å². The zero-order valence-corrected chi connectivity index (χ0v) is 21.3. The van der Waals surface area contributed by atoms with Crippen LogP contribution in [0.15, 0.2) is 34.2 Å². The van der Waals surface area contributed by atoms with Crippen LogP contribution >= 0.6 is 24.0 Å². The third-order valence-corrected chi connectivity index (χ3v) is 6.76. The Bertz CT molecular complexity index is 738. The Balaban J connectivity index is 0.00000450. The quantitative estimate of drug-likeness (QED) is 0.170. The van der Waals surface area contributed by atoms with Crippen molar-refractivity contribution < 1.29 is 13.2 Å². The first kappa shape index (κ1) is 27.1. The lowest BCUT2D eigenvalue weighted by molar-refractivity contribution is 0.204. The van der Waals surface area contributed by atoms with E-state index in [0.29, 0.717) is 13.2 Å². The molecule has 0 aromatic heterocycles. The van der Waals surface area contributed by atoms with E-state index in [-0.39, 0.29) is 35.4 Å². The summed E-state index contributed by atoms with van der Waals surface area (Å²) in [5.41, 5.74) is 0.879. The first-order valence-corrected chi connectivity index (χ1v) is 12.1. The lowest BCUT2D eigenvalue weighted by Gasteiger charge is -2.21. The minimum atomic E-state index is -3.53. The number of methoxy groups -OCH3 is 1. The molecule has 1 saturated carbocycles. The van der Waals surface area contributed by atoms with E-state index >= 15 is 0 Å². The highest BCUT2D eigenvalue weighted by Crippen LogP contribution is 2.26. The molecule has 0 atom stereocenters. The molecule has 0 aliphatic heterocycles. The Kier molecular flexibility index (Phi) is 13.5. The van der Waals surface area contributed by atoms with Gasteiger partial charge in [0, 0.05) is 33.8 Å². The molecule has 0 bridgehead atoms. The molecule has 0 spiro atoms. The zero-order chi connectivity index (χ0) is 21.0. The molecule has 1 aliphatic rings. The average Bonchev–Trinajstić information content (AvgIpc) is 2.74. The third kappa shape index (κ3) is 9.93. The van der Waals surface area contributed by atoms with Gasteiger partial charge in [0.15, 0.2) is 5.96 Å². The zero-order valence-electron chi connectivity index (χ0n) is 18.2. The van der Waals surface area contributed by atoms with Crippen molar-refractivity contribution in [3.63, 3.8) is 0 Å². The molecule has 30 heavy (non-hydrogen) atoms. The van der Waals surface area contributed by atoms with Crippen LogP contribution in [-0.4, -0.2) is 48.2 Å². The van der Waals surface area contributed by atoms with E-state index in [0.717, 1.165) is 30.4 Å². The number of benzene rings is 1. The van der Waals surface area contributed by atoms with E-state index in [1.54, 1.807) is 25.2 Å². The van der Waals surface area contributed by atoms with Gasteiger partial charge in [0.25, 0.3) is 0 Å². The molecule has 3 N–H and O–H groups in total. The van der Waals surface area contributed by atoms with Crippen LogP contribution in [0.4, 0.5) is 0 Å². The van der Waals surface area contributed by atoms with Gasteiger partial charge in [-0.1, -0.05) is 44.2 Å². The maximum absolute atomic E-state index is 12.3. The maximum Gasteiger partial charge on any atom is 0.240 e. The van der Waals surface area contributed by atoms with Crippen molar-refractivity contribution in [3.05, 3.63) is 29.8 Å². The number of guanidine groups is 1. The van der Waals surface area contributed by atoms with Crippen LogP contribution in [0.25, 0.3) is 0 Å². The van der Waals surface area contributed by atoms with Gasteiger partial charge in [-0.3, -0.25) is 4.99 Å². The van der Waals surface area contributed by atoms with Gasteiger partial charge in [-0.2, -0.15) is 0 Å². The number of ether oxygens (including phenoxy) is 1. The van der Waals surface area contributed by atoms with Crippen LogP contribution in [0, 0.1) is 5.92 Å². The SMILES string of the molecule is CN=C(NCCCC1CCCCC1)NCc1cccc(S(=O)(=O)NCCOC)c1.I. The highest BCUT2D eigenvalue weighted by atomic mass is 127. The predicted octanol–water partition coefficient (Wildman–Crippen LogP) is 3.25. The number of hydrogen-bond acceptors (Lipinski definition) is 4. The second-order valence-electron chi connectivity index (χ2n) is 7.54. The van der Waals surface area contributed by atoms with Crippen molar-refractivity contribution in [1.82, 2.24) is 15.4 Å². The fraction of sp³-hybridized carbons (Fsp3) is 0.667. The largest absolute Gasteiger partial charge is 0.383 e. The Hall–Kier alpha value is -0.910. The second-order valence-corrected chi connectivity index (χ2v) is 9.30. The number of hydrogen-bond donors (Lipinski definition) is 3. The second kappa shape index (κ2) is 15.0. The summed E-state index contributed by atoms with van der Waals surface area (Å²) >= 11 is 0. The van der Waals surface area contributed by atoms with Crippen molar-refractivity contribution in [2.75, 3.05) is 33.9 Å². The van der Waals surface area contributed by atoms with Crippen molar-refractivity contribution in [2.24, 2.45) is 10.9 Å². The summed E-state index contributed by atoms with van der Waals surface area (Å²) in [4.78, 5) is 4.51. The van der Waals surface area contributed by atoms with E-state index in [9.17, 15) is 8.42 Å². The number of nitrogens with one attached hydrogen (secondary N) is 3. The molecule has 0 heterocycles. The summed E-state index contributed by atoms with van der Waals surface area (Å²) in [5.74, 6) is 1.63. The Labute approximate surface area is 198 Å². The van der Waals surface area contributed by atoms with Gasteiger partial charge in [-0.05, 0) is 36.5 Å². The summed E-state index contributed by atoms with van der Waals surface area (Å²) in [5, 5.41) is 6.61. The summed E-state index contributed by atoms with van der Waals surface area (Å²) in [6.07, 6.45) is 9.36.